The smallest absolute Gasteiger partial charge is 0.324 e. The maximum atomic E-state index is 13.1. The maximum Gasteiger partial charge on any atom is 0.419 e. The van der Waals surface area contributed by atoms with E-state index in [9.17, 15) is 17.6 Å². The first-order valence-electron chi connectivity index (χ1n) is 4.59. The Morgan fingerprint density at radius 2 is 1.94 bits per heavy atom. The minimum atomic E-state index is -4.68. The molecule has 17 heavy (non-hydrogen) atoms. The van der Waals surface area contributed by atoms with E-state index in [1.807, 2.05) is 0 Å². The molecule has 1 rings (SSSR count). The van der Waals surface area contributed by atoms with E-state index in [0.717, 1.165) is 6.07 Å². The summed E-state index contributed by atoms with van der Waals surface area (Å²) in [5.41, 5.74) is 4.66. The lowest BCUT2D eigenvalue weighted by atomic mass is 10.0. The van der Waals surface area contributed by atoms with Crippen molar-refractivity contribution in [1.29, 1.82) is 0 Å². The van der Waals surface area contributed by atoms with Crippen molar-refractivity contribution in [3.8, 4) is 0 Å². The average molecular weight is 270 g/mol. The van der Waals surface area contributed by atoms with E-state index in [0.29, 0.717) is 18.1 Å². The van der Waals surface area contributed by atoms with Crippen LogP contribution in [0.2, 0.25) is 0 Å². The molecule has 2 N–H and O–H groups in total. The topological polar surface area (TPSA) is 26.0 Å². The van der Waals surface area contributed by atoms with Crippen molar-refractivity contribution in [3.05, 3.63) is 47.8 Å². The molecule has 0 aliphatic carbocycles. The van der Waals surface area contributed by atoms with Crippen LogP contribution < -0.4 is 5.73 Å². The maximum absolute atomic E-state index is 13.1. The summed E-state index contributed by atoms with van der Waals surface area (Å²) >= 11 is 0. The van der Waals surface area contributed by atoms with Crippen molar-refractivity contribution < 1.29 is 17.6 Å². The molecular weight excluding hydrogens is 258 g/mol. The van der Waals surface area contributed by atoms with Crippen molar-refractivity contribution in [2.45, 2.75) is 18.6 Å². The molecule has 1 nitrogen and oxygen atoms in total. The van der Waals surface area contributed by atoms with Gasteiger partial charge in [-0.3, -0.25) is 0 Å². The van der Waals surface area contributed by atoms with Crippen LogP contribution in [0.4, 0.5) is 17.6 Å². The highest BCUT2D eigenvalue weighted by Gasteiger charge is 2.34. The Morgan fingerprint density at radius 1 is 1.35 bits per heavy atom. The summed E-state index contributed by atoms with van der Waals surface area (Å²) in [6, 6.07) is 2.17. The van der Waals surface area contributed by atoms with Crippen LogP contribution in [0.15, 0.2) is 30.9 Å². The highest BCUT2D eigenvalue weighted by atomic mass is 35.5. The second kappa shape index (κ2) is 6.02. The first kappa shape index (κ1) is 15.9. The Bertz CT molecular complexity index is 390. The number of hydrogen-bond donors (Lipinski definition) is 1. The first-order valence-corrected chi connectivity index (χ1v) is 4.59. The van der Waals surface area contributed by atoms with E-state index in [-0.39, 0.29) is 12.4 Å². The Labute approximate surface area is 103 Å². The fourth-order valence-corrected chi connectivity index (χ4v) is 1.31. The predicted molar refractivity (Wildman–Crippen MR) is 60.4 cm³/mol. The quantitative estimate of drug-likeness (QED) is 0.655. The highest BCUT2D eigenvalue weighted by Crippen LogP contribution is 2.32. The van der Waals surface area contributed by atoms with Gasteiger partial charge in [0.05, 0.1) is 5.56 Å². The number of rotatable bonds is 3. The van der Waals surface area contributed by atoms with Gasteiger partial charge < -0.3 is 5.73 Å². The summed E-state index contributed by atoms with van der Waals surface area (Å²) < 4.78 is 49.9. The SMILES string of the molecule is C=CC[C@H](N)c1ccc(C(F)(F)F)c(F)c1.Cl. The second-order valence-electron chi connectivity index (χ2n) is 3.37. The Kier molecular flexibility index (Phi) is 5.64. The molecular formula is C11H12ClF4N. The summed E-state index contributed by atoms with van der Waals surface area (Å²) in [5, 5.41) is 0. The van der Waals surface area contributed by atoms with E-state index in [1.54, 1.807) is 0 Å². The molecule has 0 saturated carbocycles. The fourth-order valence-electron chi connectivity index (χ4n) is 1.31. The van der Waals surface area contributed by atoms with Gasteiger partial charge in [0.1, 0.15) is 5.82 Å². The lowest BCUT2D eigenvalue weighted by molar-refractivity contribution is -0.140. The lowest BCUT2D eigenvalue weighted by Crippen LogP contribution is -2.12. The summed E-state index contributed by atoms with van der Waals surface area (Å²) in [5.74, 6) is -1.30. The van der Waals surface area contributed by atoms with Crippen LogP contribution in [-0.2, 0) is 6.18 Å². The van der Waals surface area contributed by atoms with Gasteiger partial charge in [0, 0.05) is 6.04 Å². The number of nitrogens with two attached hydrogens (primary N) is 1. The minimum absolute atomic E-state index is 0. The van der Waals surface area contributed by atoms with Gasteiger partial charge in [0.25, 0.3) is 0 Å². The van der Waals surface area contributed by atoms with Crippen LogP contribution in [0.3, 0.4) is 0 Å². The van der Waals surface area contributed by atoms with E-state index >= 15 is 0 Å². The summed E-state index contributed by atoms with van der Waals surface area (Å²) in [7, 11) is 0. The summed E-state index contributed by atoms with van der Waals surface area (Å²) in [6.45, 7) is 3.45. The molecule has 6 heteroatoms. The fraction of sp³-hybridized carbons (Fsp3) is 0.273. The largest absolute Gasteiger partial charge is 0.419 e. The Balaban J connectivity index is 0.00000256. The number of halogens is 5. The Hall–Kier alpha value is -1.07. The van der Waals surface area contributed by atoms with Crippen molar-refractivity contribution in [2.75, 3.05) is 0 Å². The third-order valence-corrected chi connectivity index (χ3v) is 2.15. The van der Waals surface area contributed by atoms with E-state index in [4.69, 9.17) is 5.73 Å². The van der Waals surface area contributed by atoms with Gasteiger partial charge in [-0.25, -0.2) is 4.39 Å². The van der Waals surface area contributed by atoms with Crippen LogP contribution in [-0.4, -0.2) is 0 Å². The van der Waals surface area contributed by atoms with Gasteiger partial charge >= 0.3 is 6.18 Å². The molecule has 0 unspecified atom stereocenters. The molecule has 1 aromatic rings. The molecule has 0 fully saturated rings. The molecule has 1 aromatic carbocycles. The summed E-state index contributed by atoms with van der Waals surface area (Å²) in [6.07, 6.45) is -2.77. The third-order valence-electron chi connectivity index (χ3n) is 2.15. The van der Waals surface area contributed by atoms with Crippen molar-refractivity contribution in [3.63, 3.8) is 0 Å². The molecule has 0 heterocycles. The van der Waals surface area contributed by atoms with Crippen LogP contribution in [0, 0.1) is 5.82 Å². The molecule has 0 aromatic heterocycles. The highest BCUT2D eigenvalue weighted by molar-refractivity contribution is 5.85. The molecule has 0 spiro atoms. The van der Waals surface area contributed by atoms with E-state index in [2.05, 4.69) is 6.58 Å². The van der Waals surface area contributed by atoms with Crippen LogP contribution in [0.25, 0.3) is 0 Å². The number of hydrogen-bond acceptors (Lipinski definition) is 1. The molecule has 0 aliphatic heterocycles. The zero-order valence-corrected chi connectivity index (χ0v) is 9.61. The van der Waals surface area contributed by atoms with Gasteiger partial charge in [-0.15, -0.1) is 19.0 Å². The first-order chi connectivity index (χ1) is 7.36. The van der Waals surface area contributed by atoms with Crippen LogP contribution in [0.1, 0.15) is 23.6 Å². The van der Waals surface area contributed by atoms with Crippen LogP contribution in [0.5, 0.6) is 0 Å². The monoisotopic (exact) mass is 269 g/mol. The minimum Gasteiger partial charge on any atom is -0.324 e. The Morgan fingerprint density at radius 3 is 2.35 bits per heavy atom. The van der Waals surface area contributed by atoms with Crippen molar-refractivity contribution >= 4 is 12.4 Å². The van der Waals surface area contributed by atoms with Crippen LogP contribution >= 0.6 is 12.4 Å². The molecule has 0 amide bonds. The van der Waals surface area contributed by atoms with E-state index < -0.39 is 23.6 Å². The molecule has 0 aliphatic rings. The van der Waals surface area contributed by atoms with Gasteiger partial charge in [-0.2, -0.15) is 13.2 Å². The zero-order valence-electron chi connectivity index (χ0n) is 8.80. The second-order valence-corrected chi connectivity index (χ2v) is 3.37. The third kappa shape index (κ3) is 4.02. The molecule has 0 radical (unpaired) electrons. The summed E-state index contributed by atoms with van der Waals surface area (Å²) in [4.78, 5) is 0. The van der Waals surface area contributed by atoms with Crippen molar-refractivity contribution in [1.82, 2.24) is 0 Å². The number of alkyl halides is 3. The molecule has 0 bridgehead atoms. The van der Waals surface area contributed by atoms with Gasteiger partial charge in [0.15, 0.2) is 0 Å². The number of benzene rings is 1. The van der Waals surface area contributed by atoms with Gasteiger partial charge in [-0.05, 0) is 24.1 Å². The van der Waals surface area contributed by atoms with E-state index in [1.165, 1.54) is 12.1 Å². The average Bonchev–Trinajstić information content (AvgIpc) is 2.16. The van der Waals surface area contributed by atoms with Gasteiger partial charge in [-0.1, -0.05) is 12.1 Å². The molecule has 96 valence electrons. The zero-order chi connectivity index (χ0) is 12.3. The predicted octanol–water partition coefficient (Wildman–Crippen LogP) is 3.84. The molecule has 1 atom stereocenters. The standard InChI is InChI=1S/C11H11F4N.ClH/c1-2-3-10(16)7-4-5-8(9(12)6-7)11(13,14)15;/h2,4-6,10H,1,3,16H2;1H/t10-;/m0./s1. The lowest BCUT2D eigenvalue weighted by Gasteiger charge is -2.12. The normalized spacial score (nSPS) is 12.8. The van der Waals surface area contributed by atoms with Crippen molar-refractivity contribution in [2.24, 2.45) is 5.73 Å². The van der Waals surface area contributed by atoms with Gasteiger partial charge in [0.2, 0.25) is 0 Å². The molecule has 0 saturated heterocycles.